The van der Waals surface area contributed by atoms with Gasteiger partial charge in [0.15, 0.2) is 0 Å². The van der Waals surface area contributed by atoms with Crippen LogP contribution in [0.25, 0.3) is 0 Å². The number of ether oxygens (including phenoxy) is 2. The van der Waals surface area contributed by atoms with Crippen molar-refractivity contribution >= 4 is 5.82 Å². The molecule has 0 fully saturated rings. The van der Waals surface area contributed by atoms with Gasteiger partial charge in [0.2, 0.25) is 5.88 Å². The van der Waals surface area contributed by atoms with Crippen LogP contribution in [0.3, 0.4) is 0 Å². The van der Waals surface area contributed by atoms with E-state index in [-0.39, 0.29) is 0 Å². The Bertz CT molecular complexity index is 527. The van der Waals surface area contributed by atoms with Crippen molar-refractivity contribution in [1.82, 2.24) is 4.98 Å². The van der Waals surface area contributed by atoms with Gasteiger partial charge in [-0.3, -0.25) is 0 Å². The number of rotatable bonds is 3. The molecule has 0 bridgehead atoms. The zero-order chi connectivity index (χ0) is 12.3. The molecule has 0 aliphatic heterocycles. The molecule has 0 aliphatic rings. The maximum Gasteiger partial charge on any atom is 0.221 e. The summed E-state index contributed by atoms with van der Waals surface area (Å²) in [6.07, 6.45) is 0. The van der Waals surface area contributed by atoms with E-state index < -0.39 is 0 Å². The summed E-state index contributed by atoms with van der Waals surface area (Å²) in [4.78, 5) is 4.08. The summed E-state index contributed by atoms with van der Waals surface area (Å²) in [6, 6.07) is 10.9. The van der Waals surface area contributed by atoms with Gasteiger partial charge < -0.3 is 15.2 Å². The van der Waals surface area contributed by atoms with Gasteiger partial charge in [-0.05, 0) is 24.6 Å². The summed E-state index contributed by atoms with van der Waals surface area (Å²) in [5.41, 5.74) is 6.60. The van der Waals surface area contributed by atoms with Crippen LogP contribution in [0.2, 0.25) is 0 Å². The molecular weight excluding hydrogens is 216 g/mol. The summed E-state index contributed by atoms with van der Waals surface area (Å²) in [7, 11) is 1.62. The molecule has 1 aromatic heterocycles. The molecule has 17 heavy (non-hydrogen) atoms. The van der Waals surface area contributed by atoms with Gasteiger partial charge in [0.1, 0.15) is 17.3 Å². The number of aromatic nitrogens is 1. The topological polar surface area (TPSA) is 57.4 Å². The largest absolute Gasteiger partial charge is 0.497 e. The Kier molecular flexibility index (Phi) is 3.14. The molecule has 0 saturated carbocycles. The average molecular weight is 230 g/mol. The number of methoxy groups -OCH3 is 1. The van der Waals surface area contributed by atoms with E-state index in [0.29, 0.717) is 17.4 Å². The van der Waals surface area contributed by atoms with Gasteiger partial charge in [0.05, 0.1) is 7.11 Å². The standard InChI is InChI=1S/C13H14N2O2/c1-9-6-7-10(16-2)8-11(9)17-13-5-3-4-12(14)15-13/h3-8H,1-2H3,(H2,14,15). The lowest BCUT2D eigenvalue weighted by atomic mass is 10.2. The number of nitrogens with two attached hydrogens (primary N) is 1. The fourth-order valence-electron chi connectivity index (χ4n) is 1.42. The third-order valence-corrected chi connectivity index (χ3v) is 2.35. The lowest BCUT2D eigenvalue weighted by Gasteiger charge is -2.09. The SMILES string of the molecule is COc1ccc(C)c(Oc2cccc(N)n2)c1. The second kappa shape index (κ2) is 4.74. The maximum atomic E-state index is 5.66. The quantitative estimate of drug-likeness (QED) is 0.880. The second-order valence-electron chi connectivity index (χ2n) is 3.63. The van der Waals surface area contributed by atoms with Crippen LogP contribution in [0.4, 0.5) is 5.82 Å². The van der Waals surface area contributed by atoms with Gasteiger partial charge in [-0.1, -0.05) is 12.1 Å². The molecule has 4 heteroatoms. The van der Waals surface area contributed by atoms with Gasteiger partial charge in [-0.2, -0.15) is 4.98 Å². The first-order chi connectivity index (χ1) is 8.19. The summed E-state index contributed by atoms with van der Waals surface area (Å²) >= 11 is 0. The van der Waals surface area contributed by atoms with Crippen LogP contribution >= 0.6 is 0 Å². The van der Waals surface area contributed by atoms with Gasteiger partial charge in [0.25, 0.3) is 0 Å². The summed E-state index contributed by atoms with van der Waals surface area (Å²) in [5.74, 6) is 2.36. The van der Waals surface area contributed by atoms with E-state index in [2.05, 4.69) is 4.98 Å². The van der Waals surface area contributed by atoms with Crippen LogP contribution in [0.15, 0.2) is 36.4 Å². The van der Waals surface area contributed by atoms with Crippen LogP contribution < -0.4 is 15.2 Å². The molecule has 88 valence electrons. The van der Waals surface area contributed by atoms with Crippen molar-refractivity contribution in [2.45, 2.75) is 6.92 Å². The minimum absolute atomic E-state index is 0.433. The van der Waals surface area contributed by atoms with E-state index in [4.69, 9.17) is 15.2 Å². The number of nitrogen functional groups attached to an aromatic ring is 1. The van der Waals surface area contributed by atoms with Crippen LogP contribution in [-0.2, 0) is 0 Å². The molecule has 0 radical (unpaired) electrons. The third-order valence-electron chi connectivity index (χ3n) is 2.35. The molecule has 0 unspecified atom stereocenters. The van der Waals surface area contributed by atoms with E-state index in [0.717, 1.165) is 11.3 Å². The predicted molar refractivity (Wildman–Crippen MR) is 66.5 cm³/mol. The lowest BCUT2D eigenvalue weighted by molar-refractivity contribution is 0.406. The van der Waals surface area contributed by atoms with Crippen molar-refractivity contribution in [2.24, 2.45) is 0 Å². The molecule has 0 spiro atoms. The highest BCUT2D eigenvalue weighted by Gasteiger charge is 2.04. The highest BCUT2D eigenvalue weighted by atomic mass is 16.5. The molecule has 0 saturated heterocycles. The Labute approximate surface area is 100 Å². The summed E-state index contributed by atoms with van der Waals surface area (Å²) in [6.45, 7) is 1.96. The Morgan fingerprint density at radius 3 is 2.71 bits per heavy atom. The lowest BCUT2D eigenvalue weighted by Crippen LogP contribution is -1.94. The fourth-order valence-corrected chi connectivity index (χ4v) is 1.42. The van der Waals surface area contributed by atoms with E-state index in [1.807, 2.05) is 25.1 Å². The van der Waals surface area contributed by atoms with Gasteiger partial charge in [-0.15, -0.1) is 0 Å². The number of anilines is 1. The van der Waals surface area contributed by atoms with Crippen molar-refractivity contribution in [1.29, 1.82) is 0 Å². The van der Waals surface area contributed by atoms with E-state index in [1.165, 1.54) is 0 Å². The zero-order valence-electron chi connectivity index (χ0n) is 9.81. The molecule has 2 rings (SSSR count). The maximum absolute atomic E-state index is 5.66. The molecule has 2 N–H and O–H groups in total. The Hall–Kier alpha value is -2.23. The highest BCUT2D eigenvalue weighted by Crippen LogP contribution is 2.28. The first-order valence-corrected chi connectivity index (χ1v) is 5.24. The number of hydrogen-bond acceptors (Lipinski definition) is 4. The number of nitrogens with zero attached hydrogens (tertiary/aromatic N) is 1. The average Bonchev–Trinajstić information content (AvgIpc) is 2.32. The Balaban J connectivity index is 2.29. The number of hydrogen-bond donors (Lipinski definition) is 1. The zero-order valence-corrected chi connectivity index (χ0v) is 9.81. The molecule has 1 heterocycles. The van der Waals surface area contributed by atoms with Crippen molar-refractivity contribution in [2.75, 3.05) is 12.8 Å². The van der Waals surface area contributed by atoms with Gasteiger partial charge >= 0.3 is 0 Å². The first kappa shape index (κ1) is 11.3. The Morgan fingerprint density at radius 1 is 1.18 bits per heavy atom. The Morgan fingerprint density at radius 2 is 2.00 bits per heavy atom. The van der Waals surface area contributed by atoms with Gasteiger partial charge in [0, 0.05) is 12.1 Å². The van der Waals surface area contributed by atoms with E-state index >= 15 is 0 Å². The monoisotopic (exact) mass is 230 g/mol. The molecule has 2 aromatic rings. The number of aryl methyl sites for hydroxylation is 1. The van der Waals surface area contributed by atoms with Crippen LogP contribution in [0.1, 0.15) is 5.56 Å². The number of pyridine rings is 1. The highest BCUT2D eigenvalue weighted by molar-refractivity contribution is 5.42. The minimum atomic E-state index is 0.433. The third kappa shape index (κ3) is 2.66. The fraction of sp³-hybridized carbons (Fsp3) is 0.154. The molecule has 0 amide bonds. The van der Waals surface area contributed by atoms with Crippen LogP contribution in [0, 0.1) is 6.92 Å². The summed E-state index contributed by atoms with van der Waals surface area (Å²) in [5, 5.41) is 0. The number of benzene rings is 1. The molecular formula is C13H14N2O2. The smallest absolute Gasteiger partial charge is 0.221 e. The van der Waals surface area contributed by atoms with Crippen LogP contribution in [0.5, 0.6) is 17.4 Å². The normalized spacial score (nSPS) is 10.0. The minimum Gasteiger partial charge on any atom is -0.497 e. The van der Waals surface area contributed by atoms with E-state index in [9.17, 15) is 0 Å². The molecule has 4 nitrogen and oxygen atoms in total. The molecule has 0 atom stereocenters. The molecule has 0 aliphatic carbocycles. The van der Waals surface area contributed by atoms with Gasteiger partial charge in [-0.25, -0.2) is 0 Å². The van der Waals surface area contributed by atoms with Crippen molar-refractivity contribution in [3.8, 4) is 17.4 Å². The van der Waals surface area contributed by atoms with Crippen molar-refractivity contribution in [3.63, 3.8) is 0 Å². The summed E-state index contributed by atoms with van der Waals surface area (Å²) < 4.78 is 10.8. The van der Waals surface area contributed by atoms with Crippen molar-refractivity contribution < 1.29 is 9.47 Å². The predicted octanol–water partition coefficient (Wildman–Crippen LogP) is 2.77. The second-order valence-corrected chi connectivity index (χ2v) is 3.63. The van der Waals surface area contributed by atoms with Crippen LogP contribution in [-0.4, -0.2) is 12.1 Å². The van der Waals surface area contributed by atoms with Crippen molar-refractivity contribution in [3.05, 3.63) is 42.0 Å². The molecule has 1 aromatic carbocycles. The van der Waals surface area contributed by atoms with E-state index in [1.54, 1.807) is 25.3 Å². The first-order valence-electron chi connectivity index (χ1n) is 5.24.